The van der Waals surface area contributed by atoms with Crippen LogP contribution in [0.15, 0.2) is 59.6 Å². The van der Waals surface area contributed by atoms with E-state index in [4.69, 9.17) is 16.6 Å². The van der Waals surface area contributed by atoms with Gasteiger partial charge in [0.15, 0.2) is 0 Å². The summed E-state index contributed by atoms with van der Waals surface area (Å²) < 4.78 is 0. The molecule has 4 rings (SSSR count). The fraction of sp³-hybridized carbons (Fsp3) is 0.174. The van der Waals surface area contributed by atoms with E-state index in [-0.39, 0.29) is 11.7 Å². The molecule has 0 bridgehead atoms. The maximum Gasteiger partial charge on any atom is 0.234 e. The van der Waals surface area contributed by atoms with E-state index in [1.807, 2.05) is 54.6 Å². The van der Waals surface area contributed by atoms with E-state index in [2.05, 4.69) is 11.4 Å². The van der Waals surface area contributed by atoms with Crippen LogP contribution in [0.5, 0.6) is 0 Å². The number of hydrogen-bond acceptors (Lipinski definition) is 4. The van der Waals surface area contributed by atoms with Crippen molar-refractivity contribution in [1.82, 2.24) is 4.98 Å². The second-order valence-electron chi connectivity index (χ2n) is 6.77. The first-order valence-corrected chi connectivity index (χ1v) is 10.7. The average molecular weight is 420 g/mol. The van der Waals surface area contributed by atoms with Crippen LogP contribution in [0.2, 0.25) is 5.02 Å². The van der Waals surface area contributed by atoms with Gasteiger partial charge in [-0.25, -0.2) is 4.98 Å². The van der Waals surface area contributed by atoms with Gasteiger partial charge in [0.25, 0.3) is 0 Å². The molecule has 29 heavy (non-hydrogen) atoms. The number of nitrogens with zero attached hydrogens (tertiary/aromatic N) is 2. The largest absolute Gasteiger partial charge is 0.325 e. The number of carbonyl (C=O) groups excluding carboxylic acids is 1. The molecular formula is C23H18ClN3OS. The number of rotatable bonds is 5. The molecule has 1 heterocycles. The molecule has 0 fully saturated rings. The predicted octanol–water partition coefficient (Wildman–Crippen LogP) is 5.49. The zero-order chi connectivity index (χ0) is 20.2. The number of pyridine rings is 1. The third-order valence-corrected chi connectivity index (χ3v) is 6.06. The smallest absolute Gasteiger partial charge is 0.234 e. The SMILES string of the molecule is N#Cc1c(SCC(=O)Nc2ccccc2)nc2c(c1-c1ccc(Cl)cc1)CCC2. The van der Waals surface area contributed by atoms with E-state index in [1.54, 1.807) is 0 Å². The van der Waals surface area contributed by atoms with Crippen LogP contribution in [0.3, 0.4) is 0 Å². The summed E-state index contributed by atoms with van der Waals surface area (Å²) in [5.41, 5.74) is 5.34. The topological polar surface area (TPSA) is 65.8 Å². The number of nitrogens with one attached hydrogen (secondary N) is 1. The van der Waals surface area contributed by atoms with Gasteiger partial charge in [-0.15, -0.1) is 0 Å². The minimum atomic E-state index is -0.125. The molecule has 0 saturated carbocycles. The first kappa shape index (κ1) is 19.5. The van der Waals surface area contributed by atoms with Crippen molar-refractivity contribution in [1.29, 1.82) is 5.26 Å². The Morgan fingerprint density at radius 1 is 1.14 bits per heavy atom. The number of nitriles is 1. The quantitative estimate of drug-likeness (QED) is 0.555. The Hall–Kier alpha value is -2.81. The number of aromatic nitrogens is 1. The minimum absolute atomic E-state index is 0.125. The number of thioether (sulfide) groups is 1. The van der Waals surface area contributed by atoms with Gasteiger partial charge in [0, 0.05) is 22.0 Å². The molecule has 6 heteroatoms. The van der Waals surface area contributed by atoms with Crippen molar-refractivity contribution in [2.75, 3.05) is 11.1 Å². The lowest BCUT2D eigenvalue weighted by Gasteiger charge is -2.14. The van der Waals surface area contributed by atoms with Crippen LogP contribution in [0.1, 0.15) is 23.2 Å². The zero-order valence-corrected chi connectivity index (χ0v) is 17.2. The highest BCUT2D eigenvalue weighted by molar-refractivity contribution is 8.00. The molecule has 3 aromatic rings. The van der Waals surface area contributed by atoms with Crippen molar-refractivity contribution in [2.24, 2.45) is 0 Å². The van der Waals surface area contributed by atoms with Gasteiger partial charge < -0.3 is 5.32 Å². The standard InChI is InChI=1S/C23H18ClN3OS/c24-16-11-9-15(10-12-16)22-18-7-4-8-20(18)27-23(19(22)13-25)29-14-21(28)26-17-5-2-1-3-6-17/h1-3,5-6,9-12H,4,7-8,14H2,(H,26,28). The molecule has 2 aromatic carbocycles. The van der Waals surface area contributed by atoms with Gasteiger partial charge in [-0.2, -0.15) is 5.26 Å². The number of anilines is 1. The van der Waals surface area contributed by atoms with E-state index in [1.165, 1.54) is 11.8 Å². The first-order chi connectivity index (χ1) is 14.2. The van der Waals surface area contributed by atoms with E-state index in [9.17, 15) is 10.1 Å². The molecule has 1 aliphatic carbocycles. The minimum Gasteiger partial charge on any atom is -0.325 e. The molecule has 0 atom stereocenters. The van der Waals surface area contributed by atoms with Crippen molar-refractivity contribution >= 4 is 35.0 Å². The molecular weight excluding hydrogens is 402 g/mol. The van der Waals surface area contributed by atoms with Gasteiger partial charge in [0.2, 0.25) is 5.91 Å². The lowest BCUT2D eigenvalue weighted by Crippen LogP contribution is -2.14. The van der Waals surface area contributed by atoms with Crippen molar-refractivity contribution in [3.8, 4) is 17.2 Å². The molecule has 4 nitrogen and oxygen atoms in total. The molecule has 1 N–H and O–H groups in total. The Kier molecular flexibility index (Phi) is 5.84. The van der Waals surface area contributed by atoms with Gasteiger partial charge >= 0.3 is 0 Å². The van der Waals surface area contributed by atoms with Crippen LogP contribution in [-0.2, 0) is 17.6 Å². The van der Waals surface area contributed by atoms with Crippen LogP contribution >= 0.6 is 23.4 Å². The molecule has 0 unspecified atom stereocenters. The lowest BCUT2D eigenvalue weighted by molar-refractivity contribution is -0.113. The van der Waals surface area contributed by atoms with E-state index >= 15 is 0 Å². The van der Waals surface area contributed by atoms with Crippen molar-refractivity contribution in [3.63, 3.8) is 0 Å². The number of benzene rings is 2. The summed E-state index contributed by atoms with van der Waals surface area (Å²) in [5, 5.41) is 14.1. The third kappa shape index (κ3) is 4.29. The van der Waals surface area contributed by atoms with Gasteiger partial charge in [-0.05, 0) is 54.7 Å². The monoisotopic (exact) mass is 419 g/mol. The highest BCUT2D eigenvalue weighted by Gasteiger charge is 2.24. The first-order valence-electron chi connectivity index (χ1n) is 9.35. The Morgan fingerprint density at radius 2 is 1.90 bits per heavy atom. The highest BCUT2D eigenvalue weighted by atomic mass is 35.5. The average Bonchev–Trinajstić information content (AvgIpc) is 3.20. The molecule has 0 aliphatic heterocycles. The number of para-hydroxylation sites is 1. The maximum absolute atomic E-state index is 12.4. The molecule has 1 aliphatic rings. The van der Waals surface area contributed by atoms with Crippen LogP contribution in [0.25, 0.3) is 11.1 Å². The molecule has 0 spiro atoms. The molecule has 0 saturated heterocycles. The fourth-order valence-corrected chi connectivity index (χ4v) is 4.49. The van der Waals surface area contributed by atoms with Crippen LogP contribution in [-0.4, -0.2) is 16.6 Å². The number of amides is 1. The molecule has 1 aromatic heterocycles. The second kappa shape index (κ2) is 8.69. The van der Waals surface area contributed by atoms with Crippen molar-refractivity contribution < 1.29 is 4.79 Å². The second-order valence-corrected chi connectivity index (χ2v) is 8.17. The number of carbonyl (C=O) groups is 1. The summed E-state index contributed by atoms with van der Waals surface area (Å²) in [6.07, 6.45) is 2.83. The number of hydrogen-bond donors (Lipinski definition) is 1. The lowest BCUT2D eigenvalue weighted by atomic mass is 9.95. The Morgan fingerprint density at radius 3 is 2.62 bits per heavy atom. The summed E-state index contributed by atoms with van der Waals surface area (Å²) >= 11 is 7.35. The van der Waals surface area contributed by atoms with Crippen LogP contribution in [0, 0.1) is 11.3 Å². The summed E-state index contributed by atoms with van der Waals surface area (Å²) in [5.74, 6) is 0.0653. The molecule has 0 radical (unpaired) electrons. The zero-order valence-electron chi connectivity index (χ0n) is 15.6. The van der Waals surface area contributed by atoms with Gasteiger partial charge in [0.05, 0.1) is 11.3 Å². The van der Waals surface area contributed by atoms with E-state index in [0.717, 1.165) is 47.3 Å². The maximum atomic E-state index is 12.4. The van der Waals surface area contributed by atoms with E-state index < -0.39 is 0 Å². The van der Waals surface area contributed by atoms with Gasteiger partial charge in [-0.1, -0.05) is 53.7 Å². The Labute approximate surface area is 178 Å². The van der Waals surface area contributed by atoms with Crippen LogP contribution in [0.4, 0.5) is 5.69 Å². The van der Waals surface area contributed by atoms with Gasteiger partial charge in [-0.3, -0.25) is 4.79 Å². The van der Waals surface area contributed by atoms with Crippen LogP contribution < -0.4 is 5.32 Å². The molecule has 1 amide bonds. The summed E-state index contributed by atoms with van der Waals surface area (Å²) in [7, 11) is 0. The summed E-state index contributed by atoms with van der Waals surface area (Å²) in [4.78, 5) is 17.1. The fourth-order valence-electron chi connectivity index (χ4n) is 3.55. The van der Waals surface area contributed by atoms with E-state index in [0.29, 0.717) is 15.6 Å². The highest BCUT2D eigenvalue weighted by Crippen LogP contribution is 2.38. The van der Waals surface area contributed by atoms with Crippen molar-refractivity contribution in [3.05, 3.63) is 76.4 Å². The van der Waals surface area contributed by atoms with Gasteiger partial charge in [0.1, 0.15) is 11.1 Å². The normalized spacial score (nSPS) is 12.3. The summed E-state index contributed by atoms with van der Waals surface area (Å²) in [6, 6.07) is 19.2. The Balaban J connectivity index is 1.64. The summed E-state index contributed by atoms with van der Waals surface area (Å²) in [6.45, 7) is 0. The third-order valence-electron chi connectivity index (χ3n) is 4.83. The predicted molar refractivity (Wildman–Crippen MR) is 117 cm³/mol. The number of aryl methyl sites for hydroxylation is 1. The number of fused-ring (bicyclic) bond motifs is 1. The molecule has 144 valence electrons. The number of halogens is 1. The van der Waals surface area contributed by atoms with Crippen molar-refractivity contribution in [2.45, 2.75) is 24.3 Å². The Bertz CT molecular complexity index is 1090.